The number of carbonyl (C=O) groups is 1. The van der Waals surface area contributed by atoms with Gasteiger partial charge in [-0.25, -0.2) is 8.42 Å². The van der Waals surface area contributed by atoms with E-state index in [1.165, 1.54) is 11.8 Å². The van der Waals surface area contributed by atoms with Gasteiger partial charge in [0.15, 0.2) is 9.84 Å². The summed E-state index contributed by atoms with van der Waals surface area (Å²) in [6, 6.07) is 0. The van der Waals surface area contributed by atoms with Gasteiger partial charge in [-0.15, -0.1) is 11.6 Å². The van der Waals surface area contributed by atoms with Crippen molar-refractivity contribution in [3.63, 3.8) is 0 Å². The number of hydrogen-bond donors (Lipinski definition) is 0. The lowest BCUT2D eigenvalue weighted by Crippen LogP contribution is -2.50. The summed E-state index contributed by atoms with van der Waals surface area (Å²) in [6.45, 7) is 2.59. The minimum atomic E-state index is -3.34. The number of sulfone groups is 1. The van der Waals surface area contributed by atoms with Crippen LogP contribution in [0, 0.1) is 0 Å². The fourth-order valence-electron chi connectivity index (χ4n) is 1.45. The minimum absolute atomic E-state index is 0.203. The molecule has 0 aromatic rings. The maximum absolute atomic E-state index is 11.9. The lowest BCUT2D eigenvalue weighted by molar-refractivity contribution is -0.137. The summed E-state index contributed by atoms with van der Waals surface area (Å²) in [7, 11) is -3.34. The predicted molar refractivity (Wildman–Crippen MR) is 61.3 cm³/mol. The molecular formula is C9H16ClNO4S. The molecule has 16 heavy (non-hydrogen) atoms. The molecule has 0 spiro atoms. The van der Waals surface area contributed by atoms with E-state index in [1.54, 1.807) is 0 Å². The Labute approximate surface area is 101 Å². The first kappa shape index (κ1) is 13.7. The van der Waals surface area contributed by atoms with E-state index < -0.39 is 15.1 Å². The molecule has 0 aromatic carbocycles. The Bertz CT molecular complexity index is 357. The van der Waals surface area contributed by atoms with E-state index in [1.807, 2.05) is 0 Å². The van der Waals surface area contributed by atoms with Gasteiger partial charge in [-0.3, -0.25) is 4.79 Å². The third-order valence-electron chi connectivity index (χ3n) is 2.61. The molecule has 94 valence electrons. The lowest BCUT2D eigenvalue weighted by Gasteiger charge is -2.33. The van der Waals surface area contributed by atoms with Gasteiger partial charge < -0.3 is 9.64 Å². The summed E-state index contributed by atoms with van der Waals surface area (Å²) in [5, 5.41) is -0.999. The van der Waals surface area contributed by atoms with Crippen molar-refractivity contribution in [2.45, 2.75) is 18.3 Å². The van der Waals surface area contributed by atoms with Gasteiger partial charge in [0.1, 0.15) is 5.25 Å². The maximum Gasteiger partial charge on any atom is 0.240 e. The highest BCUT2D eigenvalue weighted by Gasteiger charge is 2.31. The van der Waals surface area contributed by atoms with E-state index in [0.717, 1.165) is 6.26 Å². The number of hydrogen-bond acceptors (Lipinski definition) is 4. The average Bonchev–Trinajstić information content (AvgIpc) is 2.26. The van der Waals surface area contributed by atoms with Crippen LogP contribution in [0.25, 0.3) is 0 Å². The first-order valence-electron chi connectivity index (χ1n) is 5.01. The van der Waals surface area contributed by atoms with Crippen molar-refractivity contribution in [3.05, 3.63) is 0 Å². The standard InChI is InChI=1S/C9H16ClNO4S/c1-7(16(2,13)14)9(12)11-3-4-15-8(5-10)6-11/h7-8H,3-6H2,1-2H3. The molecule has 0 saturated carbocycles. The number of nitrogens with zero attached hydrogens (tertiary/aromatic N) is 1. The second-order valence-corrected chi connectivity index (χ2v) is 6.58. The van der Waals surface area contributed by atoms with Crippen molar-refractivity contribution in [2.75, 3.05) is 31.8 Å². The summed E-state index contributed by atoms with van der Waals surface area (Å²) in [5.74, 6) is -0.0715. The molecule has 1 rings (SSSR count). The Morgan fingerprint density at radius 2 is 2.25 bits per heavy atom. The molecule has 0 aromatic heterocycles. The fourth-order valence-corrected chi connectivity index (χ4v) is 2.16. The largest absolute Gasteiger partial charge is 0.373 e. The Morgan fingerprint density at radius 1 is 1.62 bits per heavy atom. The molecule has 1 fully saturated rings. The number of rotatable bonds is 3. The normalized spacial score (nSPS) is 24.2. The molecule has 1 heterocycles. The van der Waals surface area contributed by atoms with Crippen LogP contribution in [0.4, 0.5) is 0 Å². The van der Waals surface area contributed by atoms with Crippen LogP contribution >= 0.6 is 11.6 Å². The molecule has 1 amide bonds. The number of morpholine rings is 1. The molecule has 7 heteroatoms. The number of halogens is 1. The van der Waals surface area contributed by atoms with Crippen molar-refractivity contribution >= 4 is 27.3 Å². The highest BCUT2D eigenvalue weighted by atomic mass is 35.5. The molecule has 0 aliphatic carbocycles. The molecule has 1 saturated heterocycles. The Balaban J connectivity index is 2.67. The molecule has 0 N–H and O–H groups in total. The van der Waals surface area contributed by atoms with Crippen LogP contribution in [0.3, 0.4) is 0 Å². The van der Waals surface area contributed by atoms with E-state index in [2.05, 4.69) is 0 Å². The summed E-state index contributed by atoms with van der Waals surface area (Å²) in [4.78, 5) is 13.4. The fraction of sp³-hybridized carbons (Fsp3) is 0.889. The van der Waals surface area contributed by atoms with Gasteiger partial charge in [-0.05, 0) is 6.92 Å². The third-order valence-corrected chi connectivity index (χ3v) is 4.44. The molecule has 0 radical (unpaired) electrons. The monoisotopic (exact) mass is 269 g/mol. The van der Waals surface area contributed by atoms with Crippen molar-refractivity contribution in [2.24, 2.45) is 0 Å². The van der Waals surface area contributed by atoms with Gasteiger partial charge in [0, 0.05) is 19.3 Å². The quantitative estimate of drug-likeness (QED) is 0.671. The maximum atomic E-state index is 11.9. The first-order valence-corrected chi connectivity index (χ1v) is 7.50. The zero-order chi connectivity index (χ0) is 12.3. The van der Waals surface area contributed by atoms with Crippen LogP contribution in [0.2, 0.25) is 0 Å². The zero-order valence-corrected chi connectivity index (χ0v) is 10.9. The number of ether oxygens (including phenoxy) is 1. The summed E-state index contributed by atoms with van der Waals surface area (Å²) < 4.78 is 27.8. The summed E-state index contributed by atoms with van der Waals surface area (Å²) in [5.41, 5.74) is 0. The molecule has 1 aliphatic rings. The zero-order valence-electron chi connectivity index (χ0n) is 9.35. The van der Waals surface area contributed by atoms with Crippen molar-refractivity contribution in [1.82, 2.24) is 4.90 Å². The second-order valence-electron chi connectivity index (χ2n) is 3.90. The van der Waals surface area contributed by atoms with Crippen molar-refractivity contribution < 1.29 is 17.9 Å². The second kappa shape index (κ2) is 5.33. The summed E-state index contributed by atoms with van der Waals surface area (Å²) >= 11 is 5.64. The molecule has 2 unspecified atom stereocenters. The highest BCUT2D eigenvalue weighted by molar-refractivity contribution is 7.92. The lowest BCUT2D eigenvalue weighted by atomic mass is 10.2. The molecule has 0 bridgehead atoms. The van der Waals surface area contributed by atoms with Gasteiger partial charge in [0.2, 0.25) is 5.91 Å². The van der Waals surface area contributed by atoms with Crippen LogP contribution < -0.4 is 0 Å². The molecule has 1 aliphatic heterocycles. The van der Waals surface area contributed by atoms with Gasteiger partial charge in [-0.1, -0.05) is 0 Å². The molecule has 2 atom stereocenters. The van der Waals surface area contributed by atoms with E-state index >= 15 is 0 Å². The Morgan fingerprint density at radius 3 is 2.75 bits per heavy atom. The van der Waals surface area contributed by atoms with Gasteiger partial charge in [0.25, 0.3) is 0 Å². The van der Waals surface area contributed by atoms with Crippen molar-refractivity contribution in [1.29, 1.82) is 0 Å². The van der Waals surface area contributed by atoms with E-state index in [-0.39, 0.29) is 12.0 Å². The van der Waals surface area contributed by atoms with Gasteiger partial charge in [0.05, 0.1) is 18.6 Å². The predicted octanol–water partition coefficient (Wildman–Crippen LogP) is -0.114. The highest BCUT2D eigenvalue weighted by Crippen LogP contribution is 2.11. The Hall–Kier alpha value is -0.330. The van der Waals surface area contributed by atoms with Crippen LogP contribution in [0.1, 0.15) is 6.92 Å². The van der Waals surface area contributed by atoms with Crippen molar-refractivity contribution in [3.8, 4) is 0 Å². The van der Waals surface area contributed by atoms with Crippen LogP contribution in [-0.2, 0) is 19.4 Å². The van der Waals surface area contributed by atoms with Crippen LogP contribution in [-0.4, -0.2) is 62.4 Å². The van der Waals surface area contributed by atoms with E-state index in [0.29, 0.717) is 25.6 Å². The number of carbonyl (C=O) groups excluding carboxylic acids is 1. The topological polar surface area (TPSA) is 63.7 Å². The smallest absolute Gasteiger partial charge is 0.240 e. The molecule has 5 nitrogen and oxygen atoms in total. The van der Waals surface area contributed by atoms with E-state index in [9.17, 15) is 13.2 Å². The van der Waals surface area contributed by atoms with Crippen LogP contribution in [0.15, 0.2) is 0 Å². The van der Waals surface area contributed by atoms with E-state index in [4.69, 9.17) is 16.3 Å². The van der Waals surface area contributed by atoms with Crippen LogP contribution in [0.5, 0.6) is 0 Å². The Kier molecular flexibility index (Phi) is 4.58. The first-order chi connectivity index (χ1) is 7.36. The SMILES string of the molecule is CC(C(=O)N1CCOC(CCl)C1)S(C)(=O)=O. The number of alkyl halides is 1. The average molecular weight is 270 g/mol. The number of amides is 1. The third kappa shape index (κ3) is 3.33. The minimum Gasteiger partial charge on any atom is -0.373 e. The molecular weight excluding hydrogens is 254 g/mol. The van der Waals surface area contributed by atoms with Gasteiger partial charge in [-0.2, -0.15) is 0 Å². The van der Waals surface area contributed by atoms with Gasteiger partial charge >= 0.3 is 0 Å². The summed E-state index contributed by atoms with van der Waals surface area (Å²) in [6.07, 6.45) is 0.862.